The van der Waals surface area contributed by atoms with Crippen molar-refractivity contribution in [1.82, 2.24) is 5.32 Å². The molecule has 30 heavy (non-hydrogen) atoms. The van der Waals surface area contributed by atoms with Crippen molar-refractivity contribution in [2.75, 3.05) is 7.11 Å². The highest BCUT2D eigenvalue weighted by molar-refractivity contribution is 6.31. The molecule has 0 aliphatic heterocycles. The molecule has 0 spiro atoms. The molecule has 0 heterocycles. The highest BCUT2D eigenvalue weighted by Crippen LogP contribution is 2.55. The van der Waals surface area contributed by atoms with Crippen LogP contribution in [0.5, 0.6) is 11.5 Å². The average molecular weight is 426 g/mol. The fourth-order valence-corrected chi connectivity index (χ4v) is 6.66. The molecule has 4 saturated carbocycles. The summed E-state index contributed by atoms with van der Waals surface area (Å²) in [5.74, 6) is 4.25. The van der Waals surface area contributed by atoms with Crippen molar-refractivity contribution in [3.8, 4) is 11.5 Å². The van der Waals surface area contributed by atoms with Crippen molar-refractivity contribution >= 4 is 11.6 Å². The largest absolute Gasteiger partial charge is 0.493 e. The van der Waals surface area contributed by atoms with E-state index in [1.165, 1.54) is 44.1 Å². The molecule has 4 aliphatic carbocycles. The first-order chi connectivity index (χ1) is 14.5. The highest BCUT2D eigenvalue weighted by Gasteiger charge is 2.50. The fourth-order valence-electron chi connectivity index (χ4n) is 6.44. The zero-order valence-corrected chi connectivity index (χ0v) is 18.8. The molecule has 1 N–H and O–H groups in total. The van der Waals surface area contributed by atoms with Gasteiger partial charge in [-0.2, -0.15) is 0 Å². The maximum absolute atomic E-state index is 6.67. The van der Waals surface area contributed by atoms with Crippen molar-refractivity contribution in [2.45, 2.75) is 64.1 Å². The summed E-state index contributed by atoms with van der Waals surface area (Å²) in [4.78, 5) is 0. The van der Waals surface area contributed by atoms with Gasteiger partial charge in [0.25, 0.3) is 0 Å². The molecular weight excluding hydrogens is 394 g/mol. The zero-order valence-electron chi connectivity index (χ0n) is 18.0. The van der Waals surface area contributed by atoms with Crippen LogP contribution in [0.1, 0.15) is 55.2 Å². The van der Waals surface area contributed by atoms with Gasteiger partial charge in [-0.1, -0.05) is 41.4 Å². The molecule has 4 bridgehead atoms. The lowest BCUT2D eigenvalue weighted by molar-refractivity contribution is -0.0206. The van der Waals surface area contributed by atoms with Gasteiger partial charge in [-0.05, 0) is 80.4 Å². The fraction of sp³-hybridized carbons (Fsp3) is 0.538. The van der Waals surface area contributed by atoms with Gasteiger partial charge in [-0.25, -0.2) is 0 Å². The predicted molar refractivity (Wildman–Crippen MR) is 121 cm³/mol. The summed E-state index contributed by atoms with van der Waals surface area (Å²) in [6, 6.07) is 12.3. The van der Waals surface area contributed by atoms with Crippen LogP contribution in [-0.4, -0.2) is 12.6 Å². The summed E-state index contributed by atoms with van der Waals surface area (Å²) in [7, 11) is 1.69. The van der Waals surface area contributed by atoms with Crippen molar-refractivity contribution in [1.29, 1.82) is 0 Å². The Hall–Kier alpha value is -1.71. The third-order valence-corrected chi connectivity index (χ3v) is 7.89. The van der Waals surface area contributed by atoms with Gasteiger partial charge in [0, 0.05) is 23.2 Å². The number of hydrogen-bond acceptors (Lipinski definition) is 3. The highest BCUT2D eigenvalue weighted by atomic mass is 35.5. The first-order valence-corrected chi connectivity index (χ1v) is 11.7. The van der Waals surface area contributed by atoms with Crippen molar-refractivity contribution < 1.29 is 9.47 Å². The van der Waals surface area contributed by atoms with Gasteiger partial charge < -0.3 is 14.8 Å². The standard InChI is InChI=1S/C26H32ClNO2/c1-17-3-5-18(6-4-17)16-30-25-11-23(27)22(10-24(25)29-2)15-28-26-12-19-7-20(13-26)9-21(8-19)14-26/h3-6,10-11,19-21,28H,7-9,12-16H2,1-2H3. The summed E-state index contributed by atoms with van der Waals surface area (Å²) in [6.07, 6.45) is 8.40. The van der Waals surface area contributed by atoms with Gasteiger partial charge in [0.1, 0.15) is 6.61 Å². The molecule has 0 amide bonds. The summed E-state index contributed by atoms with van der Waals surface area (Å²) in [5, 5.41) is 4.68. The topological polar surface area (TPSA) is 30.5 Å². The van der Waals surface area contributed by atoms with E-state index in [0.29, 0.717) is 17.9 Å². The summed E-state index contributed by atoms with van der Waals surface area (Å²) in [5.41, 5.74) is 3.79. The van der Waals surface area contributed by atoms with Crippen molar-refractivity contribution in [2.24, 2.45) is 17.8 Å². The van der Waals surface area contributed by atoms with E-state index in [1.54, 1.807) is 7.11 Å². The van der Waals surface area contributed by atoms with Gasteiger partial charge in [-0.3, -0.25) is 0 Å². The smallest absolute Gasteiger partial charge is 0.163 e. The van der Waals surface area contributed by atoms with Crippen LogP contribution in [-0.2, 0) is 13.2 Å². The summed E-state index contributed by atoms with van der Waals surface area (Å²) >= 11 is 6.67. The molecule has 160 valence electrons. The number of halogens is 1. The van der Waals surface area contributed by atoms with E-state index in [1.807, 2.05) is 12.1 Å². The Balaban J connectivity index is 1.27. The second kappa shape index (κ2) is 8.09. The first kappa shape index (κ1) is 20.2. The summed E-state index contributed by atoms with van der Waals surface area (Å²) in [6.45, 7) is 3.38. The molecule has 4 fully saturated rings. The number of ether oxygens (including phenoxy) is 2. The maximum Gasteiger partial charge on any atom is 0.163 e. The van der Waals surface area contributed by atoms with Gasteiger partial charge in [0.05, 0.1) is 7.11 Å². The normalized spacial score (nSPS) is 29.2. The Morgan fingerprint density at radius 3 is 2.20 bits per heavy atom. The van der Waals surface area contributed by atoms with Crippen LogP contribution in [0.2, 0.25) is 5.02 Å². The number of methoxy groups -OCH3 is 1. The Labute approximate surface area is 185 Å². The van der Waals surface area contributed by atoms with Gasteiger partial charge in [0.15, 0.2) is 11.5 Å². The lowest BCUT2D eigenvalue weighted by Crippen LogP contribution is -2.58. The number of aryl methyl sites for hydroxylation is 1. The SMILES string of the molecule is COc1cc(CNC23CC4CC(CC(C4)C2)C3)c(Cl)cc1OCc1ccc(C)cc1. The molecule has 0 radical (unpaired) electrons. The molecule has 6 rings (SSSR count). The Morgan fingerprint density at radius 1 is 0.967 bits per heavy atom. The van der Waals surface area contributed by atoms with Gasteiger partial charge in [-0.15, -0.1) is 0 Å². The van der Waals surface area contributed by atoms with Crippen LogP contribution in [0, 0.1) is 24.7 Å². The van der Waals surface area contributed by atoms with Crippen LogP contribution in [0.4, 0.5) is 0 Å². The summed E-state index contributed by atoms with van der Waals surface area (Å²) < 4.78 is 11.7. The van der Waals surface area contributed by atoms with Crippen LogP contribution in [0.25, 0.3) is 0 Å². The van der Waals surface area contributed by atoms with Crippen molar-refractivity contribution in [3.63, 3.8) is 0 Å². The molecule has 0 unspecified atom stereocenters. The lowest BCUT2D eigenvalue weighted by atomic mass is 9.53. The molecule has 0 atom stereocenters. The Kier molecular flexibility index (Phi) is 5.45. The van der Waals surface area contributed by atoms with Crippen LogP contribution >= 0.6 is 11.6 Å². The predicted octanol–water partition coefficient (Wildman–Crippen LogP) is 6.29. The van der Waals surface area contributed by atoms with E-state index in [4.69, 9.17) is 21.1 Å². The zero-order chi connectivity index (χ0) is 20.7. The quantitative estimate of drug-likeness (QED) is 0.565. The van der Waals surface area contributed by atoms with Crippen molar-refractivity contribution in [3.05, 3.63) is 58.1 Å². The molecule has 2 aromatic rings. The van der Waals surface area contributed by atoms with E-state index >= 15 is 0 Å². The minimum Gasteiger partial charge on any atom is -0.493 e. The van der Waals surface area contributed by atoms with Crippen LogP contribution in [0.15, 0.2) is 36.4 Å². The minimum atomic E-state index is 0.325. The van der Waals surface area contributed by atoms with E-state index in [0.717, 1.165) is 46.2 Å². The molecule has 0 saturated heterocycles. The second-order valence-corrected chi connectivity index (χ2v) is 10.3. The van der Waals surface area contributed by atoms with E-state index in [-0.39, 0.29) is 0 Å². The van der Waals surface area contributed by atoms with E-state index in [2.05, 4.69) is 36.5 Å². The van der Waals surface area contributed by atoms with Gasteiger partial charge in [0.2, 0.25) is 0 Å². The number of rotatable bonds is 7. The second-order valence-electron chi connectivity index (χ2n) is 9.92. The monoisotopic (exact) mass is 425 g/mol. The van der Waals surface area contributed by atoms with E-state index in [9.17, 15) is 0 Å². The lowest BCUT2D eigenvalue weighted by Gasteiger charge is -2.57. The molecule has 0 aromatic heterocycles. The molecular formula is C26H32ClNO2. The molecule has 4 aliphatic rings. The number of benzene rings is 2. The van der Waals surface area contributed by atoms with Crippen LogP contribution < -0.4 is 14.8 Å². The minimum absolute atomic E-state index is 0.325. The van der Waals surface area contributed by atoms with E-state index < -0.39 is 0 Å². The third kappa shape index (κ3) is 4.07. The number of nitrogens with one attached hydrogen (secondary N) is 1. The molecule has 3 nitrogen and oxygen atoms in total. The van der Waals surface area contributed by atoms with Crippen LogP contribution in [0.3, 0.4) is 0 Å². The average Bonchev–Trinajstić information content (AvgIpc) is 2.71. The van der Waals surface area contributed by atoms with Gasteiger partial charge >= 0.3 is 0 Å². The first-order valence-electron chi connectivity index (χ1n) is 11.3. The Bertz CT molecular complexity index is 873. The third-order valence-electron chi connectivity index (χ3n) is 7.54. The Morgan fingerprint density at radius 2 is 1.60 bits per heavy atom. The maximum atomic E-state index is 6.67. The molecule has 2 aromatic carbocycles. The molecule has 4 heteroatoms. The number of hydrogen-bond donors (Lipinski definition) is 1.